The van der Waals surface area contributed by atoms with Crippen molar-refractivity contribution in [2.24, 2.45) is 0 Å². The van der Waals surface area contributed by atoms with Gasteiger partial charge in [-0.05, 0) is 63.4 Å². The molecule has 0 aliphatic rings. The fourth-order valence-corrected chi connectivity index (χ4v) is 7.63. The molecule has 6 heteroatoms. The molecule has 0 amide bonds. The molecule has 0 saturated carbocycles. The quantitative estimate of drug-likeness (QED) is 0.170. The predicted molar refractivity (Wildman–Crippen MR) is 225 cm³/mol. The number of nitrogens with zero attached hydrogens (tertiary/aromatic N) is 4. The number of oxazole rings is 1. The minimum absolute atomic E-state index is 0.577. The Bertz CT molecular complexity index is 3180. The standard InChI is InChI=1S/C50H30N4O2/c1-3-12-32(13-4-1)47-52-48(33-14-5-2-6-15-33)54-49(53-47)36-17-11-16-35(28-36)38-27-26-37(39-18-7-8-19-40(38)39)31-22-24-34(25-23-31)50-51-43-29-42-41-20-9-10-21-44(41)55-45(42)30-46(43)56-50/h1-30H. The van der Waals surface area contributed by atoms with E-state index in [0.29, 0.717) is 28.9 Å². The Kier molecular flexibility index (Phi) is 7.38. The van der Waals surface area contributed by atoms with Crippen LogP contribution >= 0.6 is 0 Å². The van der Waals surface area contributed by atoms with Crippen molar-refractivity contribution in [3.8, 4) is 67.9 Å². The van der Waals surface area contributed by atoms with Crippen molar-refractivity contribution in [1.29, 1.82) is 0 Å². The van der Waals surface area contributed by atoms with Crippen molar-refractivity contribution in [1.82, 2.24) is 19.9 Å². The highest BCUT2D eigenvalue weighted by molar-refractivity contribution is 6.09. The minimum atomic E-state index is 0.577. The summed E-state index contributed by atoms with van der Waals surface area (Å²) in [4.78, 5) is 19.7. The average Bonchev–Trinajstić information content (AvgIpc) is 3.86. The molecule has 0 fully saturated rings. The Morgan fingerprint density at radius 2 is 0.821 bits per heavy atom. The van der Waals surface area contributed by atoms with E-state index < -0.39 is 0 Å². The van der Waals surface area contributed by atoms with E-state index in [2.05, 4.69) is 97.1 Å². The zero-order chi connectivity index (χ0) is 37.0. The second kappa shape index (κ2) is 13.0. The lowest BCUT2D eigenvalue weighted by molar-refractivity contribution is 0.617. The van der Waals surface area contributed by atoms with Crippen molar-refractivity contribution in [2.75, 3.05) is 0 Å². The van der Waals surface area contributed by atoms with Gasteiger partial charge in [0, 0.05) is 39.1 Å². The van der Waals surface area contributed by atoms with E-state index in [-0.39, 0.29) is 0 Å². The van der Waals surface area contributed by atoms with Gasteiger partial charge >= 0.3 is 0 Å². The minimum Gasteiger partial charge on any atom is -0.456 e. The molecule has 0 N–H and O–H groups in total. The molecule has 0 atom stereocenters. The highest BCUT2D eigenvalue weighted by Gasteiger charge is 2.17. The number of benzene rings is 8. The second-order valence-corrected chi connectivity index (χ2v) is 13.8. The Labute approximate surface area is 321 Å². The van der Waals surface area contributed by atoms with Gasteiger partial charge in [0.15, 0.2) is 23.1 Å². The van der Waals surface area contributed by atoms with Crippen molar-refractivity contribution in [2.45, 2.75) is 0 Å². The SMILES string of the molecule is c1ccc(-c2nc(-c3ccccc3)nc(-c3cccc(-c4ccc(-c5ccc(-c6nc7cc8c(cc7o6)oc6ccccc68)cc5)c5ccccc45)c3)n2)cc1. The molecule has 0 saturated heterocycles. The summed E-state index contributed by atoms with van der Waals surface area (Å²) in [7, 11) is 0. The van der Waals surface area contributed by atoms with Crippen molar-refractivity contribution in [3.63, 3.8) is 0 Å². The number of furan rings is 1. The van der Waals surface area contributed by atoms with Gasteiger partial charge in [-0.2, -0.15) is 0 Å². The third-order valence-corrected chi connectivity index (χ3v) is 10.4. The molecule has 11 rings (SSSR count). The summed E-state index contributed by atoms with van der Waals surface area (Å²) in [5.74, 6) is 2.48. The Morgan fingerprint density at radius 1 is 0.286 bits per heavy atom. The zero-order valence-corrected chi connectivity index (χ0v) is 29.9. The summed E-state index contributed by atoms with van der Waals surface area (Å²) < 4.78 is 12.3. The fraction of sp³-hybridized carbons (Fsp3) is 0. The summed E-state index contributed by atoms with van der Waals surface area (Å²) in [6.07, 6.45) is 0. The van der Waals surface area contributed by atoms with Crippen molar-refractivity contribution in [3.05, 3.63) is 182 Å². The van der Waals surface area contributed by atoms with Gasteiger partial charge in [0.1, 0.15) is 16.7 Å². The van der Waals surface area contributed by atoms with E-state index in [0.717, 1.165) is 82.7 Å². The van der Waals surface area contributed by atoms with Crippen LogP contribution in [0, 0.1) is 0 Å². The molecule has 0 unspecified atom stereocenters. The normalized spacial score (nSPS) is 11.6. The zero-order valence-electron chi connectivity index (χ0n) is 29.9. The number of hydrogen-bond acceptors (Lipinski definition) is 6. The first-order chi connectivity index (χ1) is 27.7. The summed E-state index contributed by atoms with van der Waals surface area (Å²) in [5.41, 5.74) is 11.3. The Morgan fingerprint density at radius 3 is 1.50 bits per heavy atom. The van der Waals surface area contributed by atoms with E-state index >= 15 is 0 Å². The van der Waals surface area contributed by atoms with Gasteiger partial charge < -0.3 is 8.83 Å². The maximum absolute atomic E-state index is 6.25. The van der Waals surface area contributed by atoms with Crippen LogP contribution < -0.4 is 0 Å². The van der Waals surface area contributed by atoms with Gasteiger partial charge in [0.2, 0.25) is 5.89 Å². The molecule has 8 aromatic carbocycles. The molecule has 6 nitrogen and oxygen atoms in total. The lowest BCUT2D eigenvalue weighted by atomic mass is 9.91. The van der Waals surface area contributed by atoms with Gasteiger partial charge in [0.05, 0.1) is 0 Å². The summed E-state index contributed by atoms with van der Waals surface area (Å²) in [6, 6.07) is 62.1. The summed E-state index contributed by atoms with van der Waals surface area (Å²) in [6.45, 7) is 0. The van der Waals surface area contributed by atoms with E-state index in [1.807, 2.05) is 84.9 Å². The monoisotopic (exact) mass is 718 g/mol. The predicted octanol–water partition coefficient (Wildman–Crippen LogP) is 13.1. The van der Waals surface area contributed by atoms with Crippen LogP contribution in [0.2, 0.25) is 0 Å². The third kappa shape index (κ3) is 5.51. The van der Waals surface area contributed by atoms with E-state index in [1.54, 1.807) is 0 Å². The van der Waals surface area contributed by atoms with E-state index in [4.69, 9.17) is 28.8 Å². The smallest absolute Gasteiger partial charge is 0.227 e. The van der Waals surface area contributed by atoms with Gasteiger partial charge in [-0.15, -0.1) is 0 Å². The fourth-order valence-electron chi connectivity index (χ4n) is 7.63. The first-order valence-electron chi connectivity index (χ1n) is 18.5. The van der Waals surface area contributed by atoms with Crippen LogP contribution in [-0.2, 0) is 0 Å². The molecule has 0 bridgehead atoms. The van der Waals surface area contributed by atoms with Crippen molar-refractivity contribution < 1.29 is 8.83 Å². The van der Waals surface area contributed by atoms with Crippen LogP contribution in [0.3, 0.4) is 0 Å². The first-order valence-corrected chi connectivity index (χ1v) is 18.5. The molecule has 0 aliphatic carbocycles. The summed E-state index contributed by atoms with van der Waals surface area (Å²) >= 11 is 0. The van der Waals surface area contributed by atoms with E-state index in [1.165, 1.54) is 0 Å². The molecular formula is C50H30N4O2. The first kappa shape index (κ1) is 31.8. The number of fused-ring (bicyclic) bond motifs is 5. The highest BCUT2D eigenvalue weighted by Crippen LogP contribution is 2.39. The molecule has 11 aromatic rings. The number of para-hydroxylation sites is 1. The topological polar surface area (TPSA) is 77.8 Å². The Hall–Kier alpha value is -7.70. The average molecular weight is 719 g/mol. The van der Waals surface area contributed by atoms with Crippen LogP contribution in [0.25, 0.3) is 112 Å². The Balaban J connectivity index is 0.945. The van der Waals surface area contributed by atoms with Gasteiger partial charge in [-0.1, -0.05) is 146 Å². The lowest BCUT2D eigenvalue weighted by Crippen LogP contribution is -2.00. The largest absolute Gasteiger partial charge is 0.456 e. The lowest BCUT2D eigenvalue weighted by Gasteiger charge is -2.13. The number of rotatable bonds is 6. The molecule has 3 heterocycles. The molecule has 0 spiro atoms. The summed E-state index contributed by atoms with van der Waals surface area (Å²) in [5, 5.41) is 4.43. The molecule has 0 aliphatic heterocycles. The van der Waals surface area contributed by atoms with Gasteiger partial charge in [-0.25, -0.2) is 19.9 Å². The number of aromatic nitrogens is 4. The maximum atomic E-state index is 6.25. The van der Waals surface area contributed by atoms with Crippen LogP contribution in [0.5, 0.6) is 0 Å². The van der Waals surface area contributed by atoms with E-state index in [9.17, 15) is 0 Å². The van der Waals surface area contributed by atoms with Crippen molar-refractivity contribution >= 4 is 43.8 Å². The third-order valence-electron chi connectivity index (χ3n) is 10.4. The molecule has 262 valence electrons. The molecule has 56 heavy (non-hydrogen) atoms. The molecule has 0 radical (unpaired) electrons. The molecular weight excluding hydrogens is 689 g/mol. The van der Waals surface area contributed by atoms with Crippen LogP contribution in [0.4, 0.5) is 0 Å². The van der Waals surface area contributed by atoms with Gasteiger partial charge in [-0.3, -0.25) is 0 Å². The highest BCUT2D eigenvalue weighted by atomic mass is 16.4. The van der Waals surface area contributed by atoms with Crippen LogP contribution in [0.15, 0.2) is 191 Å². The number of hydrogen-bond donors (Lipinski definition) is 0. The molecule has 3 aromatic heterocycles. The van der Waals surface area contributed by atoms with Crippen LogP contribution in [0.1, 0.15) is 0 Å². The maximum Gasteiger partial charge on any atom is 0.227 e. The van der Waals surface area contributed by atoms with Gasteiger partial charge in [0.25, 0.3) is 0 Å². The second-order valence-electron chi connectivity index (χ2n) is 13.8. The van der Waals surface area contributed by atoms with Crippen LogP contribution in [-0.4, -0.2) is 19.9 Å².